The summed E-state index contributed by atoms with van der Waals surface area (Å²) in [5.74, 6) is 0.255. The van der Waals surface area contributed by atoms with Crippen molar-refractivity contribution >= 4 is 11.4 Å². The van der Waals surface area contributed by atoms with Crippen molar-refractivity contribution in [2.75, 3.05) is 18.5 Å². The second-order valence-corrected chi connectivity index (χ2v) is 4.74. The number of para-hydroxylation sites is 1. The zero-order chi connectivity index (χ0) is 15.9. The SMILES string of the molecule is CCOc1cccc(NCC(N)c2ccccc2)c1[N+](=O)[O-]. The average molecular weight is 301 g/mol. The highest BCUT2D eigenvalue weighted by Gasteiger charge is 2.21. The summed E-state index contributed by atoms with van der Waals surface area (Å²) in [6, 6.07) is 14.3. The van der Waals surface area contributed by atoms with Crippen LogP contribution in [0.15, 0.2) is 48.5 Å². The molecule has 0 bridgehead atoms. The van der Waals surface area contributed by atoms with E-state index in [1.165, 1.54) is 0 Å². The van der Waals surface area contributed by atoms with Crippen LogP contribution in [0.5, 0.6) is 5.75 Å². The maximum Gasteiger partial charge on any atom is 0.333 e. The number of rotatable bonds is 7. The van der Waals surface area contributed by atoms with Gasteiger partial charge in [0.15, 0.2) is 5.75 Å². The van der Waals surface area contributed by atoms with E-state index in [-0.39, 0.29) is 17.5 Å². The molecule has 0 aliphatic rings. The summed E-state index contributed by atoms with van der Waals surface area (Å²) in [7, 11) is 0. The summed E-state index contributed by atoms with van der Waals surface area (Å²) in [4.78, 5) is 10.8. The summed E-state index contributed by atoms with van der Waals surface area (Å²) >= 11 is 0. The summed E-state index contributed by atoms with van der Waals surface area (Å²) in [6.07, 6.45) is 0. The topological polar surface area (TPSA) is 90.4 Å². The molecule has 0 aromatic heterocycles. The lowest BCUT2D eigenvalue weighted by molar-refractivity contribution is -0.384. The molecule has 0 fully saturated rings. The first-order valence-electron chi connectivity index (χ1n) is 7.08. The number of nitro benzene ring substituents is 1. The second kappa shape index (κ2) is 7.42. The molecular weight excluding hydrogens is 282 g/mol. The first kappa shape index (κ1) is 15.8. The number of nitrogens with one attached hydrogen (secondary N) is 1. The van der Waals surface area contributed by atoms with Crippen LogP contribution in [-0.4, -0.2) is 18.1 Å². The predicted molar refractivity (Wildman–Crippen MR) is 86.1 cm³/mol. The molecule has 0 radical (unpaired) electrons. The van der Waals surface area contributed by atoms with Gasteiger partial charge in [-0.3, -0.25) is 10.1 Å². The van der Waals surface area contributed by atoms with Crippen molar-refractivity contribution in [2.45, 2.75) is 13.0 Å². The van der Waals surface area contributed by atoms with Gasteiger partial charge < -0.3 is 15.8 Å². The van der Waals surface area contributed by atoms with Crippen LogP contribution in [0.25, 0.3) is 0 Å². The Hall–Kier alpha value is -2.60. The Labute approximate surface area is 129 Å². The first-order chi connectivity index (χ1) is 10.6. The van der Waals surface area contributed by atoms with Crippen molar-refractivity contribution in [1.82, 2.24) is 0 Å². The van der Waals surface area contributed by atoms with E-state index < -0.39 is 4.92 Å². The van der Waals surface area contributed by atoms with E-state index >= 15 is 0 Å². The Balaban J connectivity index is 2.15. The van der Waals surface area contributed by atoms with Gasteiger partial charge in [-0.1, -0.05) is 36.4 Å². The van der Waals surface area contributed by atoms with Gasteiger partial charge in [0.05, 0.1) is 11.5 Å². The number of nitro groups is 1. The molecule has 116 valence electrons. The summed E-state index contributed by atoms with van der Waals surface area (Å²) < 4.78 is 5.32. The minimum atomic E-state index is -0.443. The molecule has 0 aliphatic heterocycles. The van der Waals surface area contributed by atoms with Gasteiger partial charge in [-0.2, -0.15) is 0 Å². The first-order valence-corrected chi connectivity index (χ1v) is 7.08. The molecule has 6 heteroatoms. The molecule has 22 heavy (non-hydrogen) atoms. The smallest absolute Gasteiger partial charge is 0.333 e. The third-order valence-electron chi connectivity index (χ3n) is 3.22. The van der Waals surface area contributed by atoms with Crippen LogP contribution in [0.2, 0.25) is 0 Å². The Bertz CT molecular complexity index is 632. The molecule has 0 saturated heterocycles. The van der Waals surface area contributed by atoms with Gasteiger partial charge in [0.1, 0.15) is 5.69 Å². The highest BCUT2D eigenvalue weighted by Crippen LogP contribution is 2.34. The van der Waals surface area contributed by atoms with Gasteiger partial charge in [0.25, 0.3) is 0 Å². The van der Waals surface area contributed by atoms with Crippen LogP contribution in [0.1, 0.15) is 18.5 Å². The number of ether oxygens (including phenoxy) is 1. The number of anilines is 1. The van der Waals surface area contributed by atoms with E-state index in [4.69, 9.17) is 10.5 Å². The van der Waals surface area contributed by atoms with Crippen LogP contribution >= 0.6 is 0 Å². The summed E-state index contributed by atoms with van der Waals surface area (Å²) in [5.41, 5.74) is 7.41. The van der Waals surface area contributed by atoms with Crippen molar-refractivity contribution in [1.29, 1.82) is 0 Å². The van der Waals surface area contributed by atoms with E-state index in [9.17, 15) is 10.1 Å². The molecule has 3 N–H and O–H groups in total. The van der Waals surface area contributed by atoms with Gasteiger partial charge in [-0.05, 0) is 24.6 Å². The van der Waals surface area contributed by atoms with Crippen molar-refractivity contribution < 1.29 is 9.66 Å². The monoisotopic (exact) mass is 301 g/mol. The van der Waals surface area contributed by atoms with Crippen molar-refractivity contribution in [3.05, 3.63) is 64.2 Å². The minimum absolute atomic E-state index is 0.0652. The molecule has 0 saturated carbocycles. The molecule has 1 unspecified atom stereocenters. The lowest BCUT2D eigenvalue weighted by Crippen LogP contribution is -2.21. The van der Waals surface area contributed by atoms with E-state index in [1.54, 1.807) is 25.1 Å². The van der Waals surface area contributed by atoms with Crippen LogP contribution < -0.4 is 15.8 Å². The van der Waals surface area contributed by atoms with Gasteiger partial charge in [-0.15, -0.1) is 0 Å². The third-order valence-corrected chi connectivity index (χ3v) is 3.22. The highest BCUT2D eigenvalue weighted by atomic mass is 16.6. The maximum atomic E-state index is 11.3. The molecular formula is C16H19N3O3. The van der Waals surface area contributed by atoms with E-state index in [2.05, 4.69) is 5.32 Å². The zero-order valence-corrected chi connectivity index (χ0v) is 12.4. The van der Waals surface area contributed by atoms with Gasteiger partial charge in [0.2, 0.25) is 0 Å². The van der Waals surface area contributed by atoms with Crippen LogP contribution in [0.3, 0.4) is 0 Å². The predicted octanol–water partition coefficient (Wildman–Crippen LogP) is 3.11. The Morgan fingerprint density at radius 3 is 2.59 bits per heavy atom. The van der Waals surface area contributed by atoms with E-state index in [0.717, 1.165) is 5.56 Å². The molecule has 0 spiro atoms. The molecule has 0 heterocycles. The van der Waals surface area contributed by atoms with Gasteiger partial charge in [-0.25, -0.2) is 0 Å². The maximum absolute atomic E-state index is 11.3. The fraction of sp³-hybridized carbons (Fsp3) is 0.250. The summed E-state index contributed by atoms with van der Waals surface area (Å²) in [6.45, 7) is 2.55. The number of nitrogens with zero attached hydrogens (tertiary/aromatic N) is 1. The molecule has 1 atom stereocenters. The average Bonchev–Trinajstić information content (AvgIpc) is 2.53. The molecule has 2 aromatic carbocycles. The highest BCUT2D eigenvalue weighted by molar-refractivity contribution is 5.68. The van der Waals surface area contributed by atoms with Crippen LogP contribution in [0, 0.1) is 10.1 Å². The van der Waals surface area contributed by atoms with Crippen molar-refractivity contribution in [3.8, 4) is 5.75 Å². The van der Waals surface area contributed by atoms with E-state index in [0.29, 0.717) is 18.8 Å². The number of benzene rings is 2. The Kier molecular flexibility index (Phi) is 5.32. The quantitative estimate of drug-likeness (QED) is 0.605. The van der Waals surface area contributed by atoms with Crippen molar-refractivity contribution in [2.24, 2.45) is 5.73 Å². The number of nitrogens with two attached hydrogens (primary N) is 1. The second-order valence-electron chi connectivity index (χ2n) is 4.74. The van der Waals surface area contributed by atoms with E-state index in [1.807, 2.05) is 30.3 Å². The third kappa shape index (κ3) is 3.73. The van der Waals surface area contributed by atoms with Crippen LogP contribution in [0.4, 0.5) is 11.4 Å². The Morgan fingerprint density at radius 1 is 1.23 bits per heavy atom. The summed E-state index contributed by atoms with van der Waals surface area (Å²) in [5, 5.41) is 14.3. The lowest BCUT2D eigenvalue weighted by Gasteiger charge is -2.15. The molecule has 2 rings (SSSR count). The molecule has 6 nitrogen and oxygen atoms in total. The molecule has 2 aromatic rings. The molecule has 0 amide bonds. The van der Waals surface area contributed by atoms with Gasteiger partial charge in [0, 0.05) is 12.6 Å². The number of hydrogen-bond acceptors (Lipinski definition) is 5. The fourth-order valence-electron chi connectivity index (χ4n) is 2.16. The largest absolute Gasteiger partial charge is 0.487 e. The fourth-order valence-corrected chi connectivity index (χ4v) is 2.16. The van der Waals surface area contributed by atoms with Gasteiger partial charge >= 0.3 is 5.69 Å². The molecule has 0 aliphatic carbocycles. The minimum Gasteiger partial charge on any atom is -0.487 e. The van der Waals surface area contributed by atoms with Crippen molar-refractivity contribution in [3.63, 3.8) is 0 Å². The Morgan fingerprint density at radius 2 is 1.95 bits per heavy atom. The standard InChI is InChI=1S/C16H19N3O3/c1-2-22-15-10-6-9-14(16(15)19(20)21)18-11-13(17)12-7-4-3-5-8-12/h3-10,13,18H,2,11,17H2,1H3. The van der Waals surface area contributed by atoms with Crippen LogP contribution in [-0.2, 0) is 0 Å². The normalized spacial score (nSPS) is 11.7. The number of hydrogen-bond donors (Lipinski definition) is 2. The zero-order valence-electron chi connectivity index (χ0n) is 12.4. The lowest BCUT2D eigenvalue weighted by atomic mass is 10.1.